The smallest absolute Gasteiger partial charge is 0.255 e. The van der Waals surface area contributed by atoms with Gasteiger partial charge >= 0.3 is 0 Å². The molecule has 156 valence electrons. The number of pyridine rings is 1. The fourth-order valence-electron chi connectivity index (χ4n) is 3.72. The van der Waals surface area contributed by atoms with Gasteiger partial charge in [-0.25, -0.2) is 4.98 Å². The predicted octanol–water partition coefficient (Wildman–Crippen LogP) is 5.03. The zero-order valence-electron chi connectivity index (χ0n) is 17.1. The van der Waals surface area contributed by atoms with Crippen LogP contribution in [-0.2, 0) is 20.1 Å². The zero-order chi connectivity index (χ0) is 21.4. The van der Waals surface area contributed by atoms with Gasteiger partial charge in [-0.15, -0.1) is 11.3 Å². The molecule has 5 aromatic rings. The van der Waals surface area contributed by atoms with Crippen LogP contribution in [0.2, 0.25) is 0 Å². The van der Waals surface area contributed by atoms with Crippen LogP contribution in [0, 0.1) is 6.92 Å². The summed E-state index contributed by atoms with van der Waals surface area (Å²) in [5.41, 5.74) is 2.54. The van der Waals surface area contributed by atoms with E-state index < -0.39 is 0 Å². The lowest BCUT2D eigenvalue weighted by Gasteiger charge is -2.22. The molecule has 8 heteroatoms. The quantitative estimate of drug-likeness (QED) is 0.376. The van der Waals surface area contributed by atoms with Gasteiger partial charge in [-0.3, -0.25) is 9.48 Å². The van der Waals surface area contributed by atoms with Crippen molar-refractivity contribution < 1.29 is 13.6 Å². The molecule has 5 rings (SSSR count). The highest BCUT2D eigenvalue weighted by molar-refractivity contribution is 7.09. The Morgan fingerprint density at radius 1 is 1.13 bits per heavy atom. The highest BCUT2D eigenvalue weighted by atomic mass is 32.1. The van der Waals surface area contributed by atoms with Crippen molar-refractivity contribution in [3.63, 3.8) is 0 Å². The Hall–Kier alpha value is -3.65. The largest absolute Gasteiger partial charge is 0.467 e. The number of carbonyl (C=O) groups excluding carboxylic acids is 1. The number of carbonyl (C=O) groups is 1. The van der Waals surface area contributed by atoms with Crippen LogP contribution in [0.5, 0.6) is 0 Å². The first kappa shape index (κ1) is 19.3. The lowest BCUT2D eigenvalue weighted by molar-refractivity contribution is 0.0721. The third kappa shape index (κ3) is 3.66. The minimum atomic E-state index is -0.110. The molecule has 0 unspecified atom stereocenters. The van der Waals surface area contributed by atoms with E-state index >= 15 is 0 Å². The van der Waals surface area contributed by atoms with E-state index in [4.69, 9.17) is 13.8 Å². The summed E-state index contributed by atoms with van der Waals surface area (Å²) >= 11 is 1.62. The van der Waals surface area contributed by atoms with Gasteiger partial charge in [-0.1, -0.05) is 6.07 Å². The number of aryl methyl sites for hydroxylation is 2. The van der Waals surface area contributed by atoms with Crippen molar-refractivity contribution in [2.75, 3.05) is 0 Å². The second-order valence-electron chi connectivity index (χ2n) is 7.26. The molecule has 5 aromatic heterocycles. The molecular formula is C23H20N4O3S. The third-order valence-electron chi connectivity index (χ3n) is 5.11. The summed E-state index contributed by atoms with van der Waals surface area (Å²) in [5, 5.41) is 7.26. The van der Waals surface area contributed by atoms with E-state index in [2.05, 4.69) is 5.10 Å². The number of aromatic nitrogens is 3. The maximum absolute atomic E-state index is 13.9. The first-order valence-electron chi connectivity index (χ1n) is 9.82. The average molecular weight is 433 g/mol. The molecule has 7 nitrogen and oxygen atoms in total. The van der Waals surface area contributed by atoms with E-state index in [9.17, 15) is 4.79 Å². The fourth-order valence-corrected chi connectivity index (χ4v) is 4.43. The highest BCUT2D eigenvalue weighted by Gasteiger charge is 2.25. The Morgan fingerprint density at radius 3 is 2.68 bits per heavy atom. The van der Waals surface area contributed by atoms with E-state index in [1.807, 2.05) is 49.7 Å². The van der Waals surface area contributed by atoms with Crippen molar-refractivity contribution in [1.82, 2.24) is 19.7 Å². The number of rotatable bonds is 6. The molecule has 5 heterocycles. The SMILES string of the molecule is Cc1nn(C)c2nc(-c3ccco3)cc(C(=O)N(Cc3ccco3)Cc3cccs3)c12. The van der Waals surface area contributed by atoms with Crippen molar-refractivity contribution in [1.29, 1.82) is 0 Å². The molecule has 31 heavy (non-hydrogen) atoms. The van der Waals surface area contributed by atoms with E-state index in [-0.39, 0.29) is 5.91 Å². The van der Waals surface area contributed by atoms with Crippen molar-refractivity contribution in [3.05, 3.63) is 82.3 Å². The van der Waals surface area contributed by atoms with Gasteiger partial charge in [0.1, 0.15) is 11.5 Å². The number of fused-ring (bicyclic) bond motifs is 1. The standard InChI is InChI=1S/C23H20N4O3S/c1-15-21-18(12-19(20-8-4-10-30-20)24-22(21)26(2)25-15)23(28)27(13-16-6-3-9-29-16)14-17-7-5-11-31-17/h3-12H,13-14H2,1-2H3. The molecule has 0 aliphatic carbocycles. The van der Waals surface area contributed by atoms with Crippen LogP contribution in [0.3, 0.4) is 0 Å². The lowest BCUT2D eigenvalue weighted by Crippen LogP contribution is -2.30. The van der Waals surface area contributed by atoms with Crippen LogP contribution in [-0.4, -0.2) is 25.6 Å². The van der Waals surface area contributed by atoms with Crippen LogP contribution in [0.25, 0.3) is 22.5 Å². The monoisotopic (exact) mass is 432 g/mol. The maximum Gasteiger partial charge on any atom is 0.255 e. The molecule has 0 aliphatic heterocycles. The molecule has 1 amide bonds. The Labute approximate surface area is 182 Å². The summed E-state index contributed by atoms with van der Waals surface area (Å²) in [6.07, 6.45) is 3.21. The van der Waals surface area contributed by atoms with Crippen LogP contribution in [0.1, 0.15) is 26.7 Å². The molecule has 0 fully saturated rings. The second kappa shape index (κ2) is 7.88. The topological polar surface area (TPSA) is 77.3 Å². The molecule has 0 atom stereocenters. The van der Waals surface area contributed by atoms with Crippen molar-refractivity contribution in [2.45, 2.75) is 20.0 Å². The summed E-state index contributed by atoms with van der Waals surface area (Å²) in [6.45, 7) is 2.74. The van der Waals surface area contributed by atoms with Gasteiger partial charge in [-0.05, 0) is 48.7 Å². The number of nitrogens with zero attached hydrogens (tertiary/aromatic N) is 4. The van der Waals surface area contributed by atoms with Crippen LogP contribution in [0.15, 0.2) is 69.2 Å². The van der Waals surface area contributed by atoms with Gasteiger partial charge < -0.3 is 13.7 Å². The fraction of sp³-hybridized carbons (Fsp3) is 0.174. The number of thiophene rings is 1. The van der Waals surface area contributed by atoms with E-state index in [1.54, 1.807) is 45.6 Å². The minimum Gasteiger partial charge on any atom is -0.467 e. The van der Waals surface area contributed by atoms with E-state index in [0.29, 0.717) is 35.8 Å². The molecule has 0 N–H and O–H groups in total. The number of amides is 1. The van der Waals surface area contributed by atoms with Crippen molar-refractivity contribution in [3.8, 4) is 11.5 Å². The number of hydrogen-bond donors (Lipinski definition) is 0. The zero-order valence-corrected chi connectivity index (χ0v) is 17.9. The summed E-state index contributed by atoms with van der Waals surface area (Å²) in [6, 6.07) is 13.1. The molecule has 0 bridgehead atoms. The highest BCUT2D eigenvalue weighted by Crippen LogP contribution is 2.29. The van der Waals surface area contributed by atoms with E-state index in [1.165, 1.54) is 0 Å². The molecule has 0 spiro atoms. The van der Waals surface area contributed by atoms with Gasteiger partial charge in [0, 0.05) is 11.9 Å². The Bertz CT molecular complexity index is 1280. The van der Waals surface area contributed by atoms with Gasteiger partial charge in [0.2, 0.25) is 0 Å². The molecule has 0 saturated carbocycles. The summed E-state index contributed by atoms with van der Waals surface area (Å²) < 4.78 is 12.8. The molecule has 0 aromatic carbocycles. The summed E-state index contributed by atoms with van der Waals surface area (Å²) in [7, 11) is 1.83. The number of furan rings is 2. The normalized spacial score (nSPS) is 11.3. The molecule has 0 radical (unpaired) electrons. The first-order valence-corrected chi connectivity index (χ1v) is 10.7. The lowest BCUT2D eigenvalue weighted by atomic mass is 10.1. The second-order valence-corrected chi connectivity index (χ2v) is 8.29. The first-order chi connectivity index (χ1) is 15.1. The van der Waals surface area contributed by atoms with Crippen molar-refractivity contribution in [2.24, 2.45) is 7.05 Å². The predicted molar refractivity (Wildman–Crippen MR) is 118 cm³/mol. The minimum absolute atomic E-state index is 0.110. The Balaban J connectivity index is 1.63. The van der Waals surface area contributed by atoms with Crippen LogP contribution >= 0.6 is 11.3 Å². The van der Waals surface area contributed by atoms with Gasteiger partial charge in [0.15, 0.2) is 11.4 Å². The Kier molecular flexibility index (Phi) is 4.91. The molecule has 0 aliphatic rings. The van der Waals surface area contributed by atoms with Gasteiger partial charge in [0.25, 0.3) is 5.91 Å². The van der Waals surface area contributed by atoms with Gasteiger partial charge in [0.05, 0.1) is 42.3 Å². The third-order valence-corrected chi connectivity index (χ3v) is 5.97. The number of hydrogen-bond acceptors (Lipinski definition) is 6. The summed E-state index contributed by atoms with van der Waals surface area (Å²) in [4.78, 5) is 21.5. The van der Waals surface area contributed by atoms with Crippen LogP contribution < -0.4 is 0 Å². The van der Waals surface area contributed by atoms with E-state index in [0.717, 1.165) is 21.7 Å². The Morgan fingerprint density at radius 2 is 1.97 bits per heavy atom. The average Bonchev–Trinajstić information content (AvgIpc) is 3.56. The van der Waals surface area contributed by atoms with Crippen LogP contribution in [0.4, 0.5) is 0 Å². The van der Waals surface area contributed by atoms with Crippen molar-refractivity contribution >= 4 is 28.3 Å². The molecule has 0 saturated heterocycles. The summed E-state index contributed by atoms with van der Waals surface area (Å²) in [5.74, 6) is 1.22. The van der Waals surface area contributed by atoms with Gasteiger partial charge in [-0.2, -0.15) is 5.10 Å². The maximum atomic E-state index is 13.9. The molecular weight excluding hydrogens is 412 g/mol.